The highest BCUT2D eigenvalue weighted by Gasteiger charge is 2.18. The third-order valence-electron chi connectivity index (χ3n) is 7.29. The predicted octanol–water partition coefficient (Wildman–Crippen LogP) is 11.0. The normalized spacial score (nSPS) is 11.2. The van der Waals surface area contributed by atoms with E-state index >= 15 is 0 Å². The molecule has 0 aromatic carbocycles. The van der Waals surface area contributed by atoms with Gasteiger partial charge in [-0.3, -0.25) is 9.59 Å². The molecule has 0 aliphatic rings. The van der Waals surface area contributed by atoms with Crippen molar-refractivity contribution in [3.63, 3.8) is 0 Å². The Morgan fingerprint density at radius 3 is 0.973 bits per heavy atom. The molecule has 0 unspecified atom stereocenters. The van der Waals surface area contributed by atoms with Gasteiger partial charge in [0.05, 0.1) is 0 Å². The van der Waals surface area contributed by atoms with Crippen LogP contribution in [-0.4, -0.2) is 18.2 Å². The first-order chi connectivity index (χ1) is 18.1. The molecule has 4 heteroatoms. The fourth-order valence-electron chi connectivity index (χ4n) is 4.79. The van der Waals surface area contributed by atoms with Crippen LogP contribution in [0, 0.1) is 0 Å². The molecule has 0 aromatic rings. The van der Waals surface area contributed by atoms with E-state index in [2.05, 4.69) is 20.8 Å². The van der Waals surface area contributed by atoms with Gasteiger partial charge < -0.3 is 9.47 Å². The minimum Gasteiger partial charge on any atom is -0.425 e. The van der Waals surface area contributed by atoms with E-state index in [4.69, 9.17) is 9.47 Å². The standard InChI is InChI=1S/C33H64O4/c1-4-7-10-12-14-16-18-20-22-24-26-28-31(34)36-33(30-9-6-3)37-32(35)29-27-25-23-21-19-17-15-13-11-8-5-2/h33H,4-30H2,1-3H3. The Hall–Kier alpha value is -1.06. The molecule has 0 bridgehead atoms. The lowest BCUT2D eigenvalue weighted by atomic mass is 10.1. The Labute approximate surface area is 231 Å². The minimum atomic E-state index is -0.708. The lowest BCUT2D eigenvalue weighted by Crippen LogP contribution is -2.24. The van der Waals surface area contributed by atoms with Crippen LogP contribution in [0.15, 0.2) is 0 Å². The van der Waals surface area contributed by atoms with E-state index in [1.165, 1.54) is 116 Å². The van der Waals surface area contributed by atoms with Gasteiger partial charge in [0, 0.05) is 19.3 Å². The first-order valence-corrected chi connectivity index (χ1v) is 16.5. The van der Waals surface area contributed by atoms with Gasteiger partial charge in [0.15, 0.2) is 0 Å². The zero-order valence-electron chi connectivity index (χ0n) is 25.3. The molecule has 37 heavy (non-hydrogen) atoms. The summed E-state index contributed by atoms with van der Waals surface area (Å²) in [5, 5.41) is 0. The van der Waals surface area contributed by atoms with Crippen LogP contribution in [0.5, 0.6) is 0 Å². The van der Waals surface area contributed by atoms with Crippen molar-refractivity contribution in [3.05, 3.63) is 0 Å². The van der Waals surface area contributed by atoms with E-state index in [-0.39, 0.29) is 11.9 Å². The van der Waals surface area contributed by atoms with E-state index in [1.54, 1.807) is 0 Å². The molecule has 0 atom stereocenters. The number of carbonyl (C=O) groups excluding carboxylic acids is 2. The monoisotopic (exact) mass is 524 g/mol. The van der Waals surface area contributed by atoms with Gasteiger partial charge in [0.25, 0.3) is 0 Å². The van der Waals surface area contributed by atoms with Gasteiger partial charge in [-0.05, 0) is 19.3 Å². The van der Waals surface area contributed by atoms with Gasteiger partial charge >= 0.3 is 11.9 Å². The van der Waals surface area contributed by atoms with Crippen LogP contribution in [0.25, 0.3) is 0 Å². The van der Waals surface area contributed by atoms with Crippen molar-refractivity contribution in [3.8, 4) is 0 Å². The summed E-state index contributed by atoms with van der Waals surface area (Å²) in [5.41, 5.74) is 0. The number of esters is 2. The lowest BCUT2D eigenvalue weighted by molar-refractivity contribution is -0.189. The summed E-state index contributed by atoms with van der Waals surface area (Å²) in [5.74, 6) is -0.445. The highest BCUT2D eigenvalue weighted by atomic mass is 16.7. The predicted molar refractivity (Wildman–Crippen MR) is 158 cm³/mol. The highest BCUT2D eigenvalue weighted by Crippen LogP contribution is 2.15. The molecule has 220 valence electrons. The van der Waals surface area contributed by atoms with Crippen LogP contribution in [0.3, 0.4) is 0 Å². The molecular weight excluding hydrogens is 460 g/mol. The molecule has 0 spiro atoms. The number of hydrogen-bond acceptors (Lipinski definition) is 4. The number of hydrogen-bond donors (Lipinski definition) is 0. The Balaban J connectivity index is 3.81. The van der Waals surface area contributed by atoms with Crippen molar-refractivity contribution >= 4 is 11.9 Å². The SMILES string of the molecule is CCCCCCCCCCCCCC(=O)OC(CCCC)OC(=O)CCCCCCCCCCCCC. The average Bonchev–Trinajstić information content (AvgIpc) is 2.89. The molecule has 0 radical (unpaired) electrons. The zero-order valence-corrected chi connectivity index (χ0v) is 25.3. The molecule has 0 fully saturated rings. The quantitative estimate of drug-likeness (QED) is 0.0554. The molecule has 4 nitrogen and oxygen atoms in total. The van der Waals surface area contributed by atoms with Crippen LogP contribution in [0.2, 0.25) is 0 Å². The summed E-state index contributed by atoms with van der Waals surface area (Å²) >= 11 is 0. The van der Waals surface area contributed by atoms with Crippen molar-refractivity contribution in [2.24, 2.45) is 0 Å². The average molecular weight is 525 g/mol. The molecule has 0 aromatic heterocycles. The second-order valence-electron chi connectivity index (χ2n) is 11.1. The third kappa shape index (κ3) is 27.8. The van der Waals surface area contributed by atoms with E-state index in [0.717, 1.165) is 38.5 Å². The lowest BCUT2D eigenvalue weighted by Gasteiger charge is -2.18. The molecule has 0 saturated carbocycles. The van der Waals surface area contributed by atoms with Crippen LogP contribution >= 0.6 is 0 Å². The summed E-state index contributed by atoms with van der Waals surface area (Å²) in [4.78, 5) is 24.6. The first-order valence-electron chi connectivity index (χ1n) is 16.5. The Morgan fingerprint density at radius 1 is 0.405 bits per heavy atom. The van der Waals surface area contributed by atoms with Gasteiger partial charge in [-0.1, -0.05) is 156 Å². The van der Waals surface area contributed by atoms with Gasteiger partial charge in [0.2, 0.25) is 6.29 Å². The topological polar surface area (TPSA) is 52.6 Å². The van der Waals surface area contributed by atoms with Gasteiger partial charge in [0.1, 0.15) is 0 Å². The summed E-state index contributed by atoms with van der Waals surface area (Å²) in [6.07, 6.45) is 30.3. The Bertz CT molecular complexity index is 451. The van der Waals surface area contributed by atoms with Crippen LogP contribution < -0.4 is 0 Å². The zero-order chi connectivity index (χ0) is 27.2. The van der Waals surface area contributed by atoms with Gasteiger partial charge in [-0.15, -0.1) is 0 Å². The molecule has 0 N–H and O–H groups in total. The molecule has 0 heterocycles. The van der Waals surface area contributed by atoms with Crippen LogP contribution in [0.1, 0.15) is 194 Å². The fourth-order valence-corrected chi connectivity index (χ4v) is 4.79. The van der Waals surface area contributed by atoms with E-state index < -0.39 is 6.29 Å². The molecule has 0 rings (SSSR count). The highest BCUT2D eigenvalue weighted by molar-refractivity contribution is 5.71. The summed E-state index contributed by atoms with van der Waals surface area (Å²) in [7, 11) is 0. The van der Waals surface area contributed by atoms with E-state index in [1.807, 2.05) is 0 Å². The maximum Gasteiger partial charge on any atom is 0.308 e. The van der Waals surface area contributed by atoms with Gasteiger partial charge in [-0.2, -0.15) is 0 Å². The minimum absolute atomic E-state index is 0.223. The van der Waals surface area contributed by atoms with Gasteiger partial charge in [-0.25, -0.2) is 0 Å². The number of ether oxygens (including phenoxy) is 2. The van der Waals surface area contributed by atoms with E-state index in [0.29, 0.717) is 19.3 Å². The van der Waals surface area contributed by atoms with Crippen LogP contribution in [0.4, 0.5) is 0 Å². The Kier molecular flexibility index (Phi) is 28.7. The largest absolute Gasteiger partial charge is 0.425 e. The van der Waals surface area contributed by atoms with Crippen LogP contribution in [-0.2, 0) is 19.1 Å². The van der Waals surface area contributed by atoms with Crippen molar-refractivity contribution in [2.45, 2.75) is 200 Å². The third-order valence-corrected chi connectivity index (χ3v) is 7.29. The molecular formula is C33H64O4. The van der Waals surface area contributed by atoms with Crippen molar-refractivity contribution < 1.29 is 19.1 Å². The number of rotatable bonds is 29. The smallest absolute Gasteiger partial charge is 0.308 e. The maximum atomic E-state index is 12.3. The first kappa shape index (κ1) is 35.9. The Morgan fingerprint density at radius 2 is 0.676 bits per heavy atom. The maximum absolute atomic E-state index is 12.3. The summed E-state index contributed by atoms with van der Waals surface area (Å²) in [6.45, 7) is 6.61. The second kappa shape index (κ2) is 29.5. The molecule has 0 aliphatic heterocycles. The fraction of sp³-hybridized carbons (Fsp3) is 0.939. The van der Waals surface area contributed by atoms with Crippen molar-refractivity contribution in [1.29, 1.82) is 0 Å². The number of carbonyl (C=O) groups is 2. The van der Waals surface area contributed by atoms with Crippen molar-refractivity contribution in [2.75, 3.05) is 0 Å². The summed E-state index contributed by atoms with van der Waals surface area (Å²) in [6, 6.07) is 0. The van der Waals surface area contributed by atoms with Crippen molar-refractivity contribution in [1.82, 2.24) is 0 Å². The second-order valence-corrected chi connectivity index (χ2v) is 11.1. The molecule has 0 saturated heterocycles. The number of unbranched alkanes of at least 4 members (excludes halogenated alkanes) is 21. The summed E-state index contributed by atoms with van der Waals surface area (Å²) < 4.78 is 11.1. The molecule has 0 aliphatic carbocycles. The molecule has 0 amide bonds. The van der Waals surface area contributed by atoms with E-state index in [9.17, 15) is 9.59 Å².